The van der Waals surface area contributed by atoms with Crippen molar-refractivity contribution in [2.24, 2.45) is 5.92 Å². The highest BCUT2D eigenvalue weighted by Gasteiger charge is 2.14. The van der Waals surface area contributed by atoms with Gasteiger partial charge >= 0.3 is 0 Å². The third-order valence-electron chi connectivity index (χ3n) is 1.93. The van der Waals surface area contributed by atoms with Gasteiger partial charge in [-0.25, -0.2) is 0 Å². The van der Waals surface area contributed by atoms with E-state index in [0.717, 1.165) is 12.3 Å². The predicted octanol–water partition coefficient (Wildman–Crippen LogP) is 1.90. The molecule has 0 aromatic rings. The van der Waals surface area contributed by atoms with E-state index in [1.807, 2.05) is 18.7 Å². The molecule has 1 fully saturated rings. The molecule has 2 heteroatoms. The Kier molecular flexibility index (Phi) is 3.57. The monoisotopic (exact) mass is 160 g/mol. The molecule has 2 atom stereocenters. The van der Waals surface area contributed by atoms with Crippen molar-refractivity contribution < 1.29 is 5.11 Å². The fourth-order valence-electron chi connectivity index (χ4n) is 1.48. The molecule has 0 amide bonds. The first-order valence-corrected chi connectivity index (χ1v) is 5.20. The van der Waals surface area contributed by atoms with E-state index >= 15 is 0 Å². The number of aliphatic hydroxyl groups excluding tert-OH is 1. The van der Waals surface area contributed by atoms with E-state index in [1.54, 1.807) is 0 Å². The Morgan fingerprint density at radius 3 is 3.00 bits per heavy atom. The normalized spacial score (nSPS) is 30.0. The molecule has 1 heterocycles. The largest absolute Gasteiger partial charge is 0.393 e. The lowest BCUT2D eigenvalue weighted by Gasteiger charge is -2.21. The Hall–Kier alpha value is 0.310. The summed E-state index contributed by atoms with van der Waals surface area (Å²) in [5.41, 5.74) is 0. The van der Waals surface area contributed by atoms with Crippen molar-refractivity contribution in [3.8, 4) is 0 Å². The van der Waals surface area contributed by atoms with Crippen LogP contribution in [0.4, 0.5) is 0 Å². The topological polar surface area (TPSA) is 20.2 Å². The standard InChI is InChI=1S/C8H16OS/c1-7(9)5-8-3-2-4-10-6-8/h7-9H,2-6H2,1H3/t7-,8?/m0/s1. The number of thioether (sulfide) groups is 1. The molecule has 1 unspecified atom stereocenters. The van der Waals surface area contributed by atoms with E-state index in [-0.39, 0.29) is 6.10 Å². The molecule has 1 saturated heterocycles. The molecule has 0 aromatic heterocycles. The molecule has 1 N–H and O–H groups in total. The summed E-state index contributed by atoms with van der Waals surface area (Å²) in [6.45, 7) is 1.89. The van der Waals surface area contributed by atoms with Crippen LogP contribution in [0.25, 0.3) is 0 Å². The van der Waals surface area contributed by atoms with Crippen LogP contribution in [0.2, 0.25) is 0 Å². The maximum absolute atomic E-state index is 9.10. The molecule has 1 rings (SSSR count). The number of aliphatic hydroxyl groups is 1. The van der Waals surface area contributed by atoms with E-state index < -0.39 is 0 Å². The fourth-order valence-corrected chi connectivity index (χ4v) is 2.65. The molecule has 0 saturated carbocycles. The Balaban J connectivity index is 2.13. The van der Waals surface area contributed by atoms with Gasteiger partial charge in [-0.1, -0.05) is 0 Å². The molecule has 0 radical (unpaired) electrons. The molecule has 0 spiro atoms. The first-order chi connectivity index (χ1) is 4.79. The van der Waals surface area contributed by atoms with Crippen molar-refractivity contribution in [2.45, 2.75) is 32.3 Å². The predicted molar refractivity (Wildman–Crippen MR) is 46.3 cm³/mol. The Morgan fingerprint density at radius 2 is 2.50 bits per heavy atom. The highest BCUT2D eigenvalue weighted by molar-refractivity contribution is 7.99. The summed E-state index contributed by atoms with van der Waals surface area (Å²) in [6.07, 6.45) is 3.59. The van der Waals surface area contributed by atoms with Gasteiger partial charge in [0.1, 0.15) is 0 Å². The zero-order valence-electron chi connectivity index (χ0n) is 6.55. The smallest absolute Gasteiger partial charge is 0.0515 e. The highest BCUT2D eigenvalue weighted by atomic mass is 32.2. The summed E-state index contributed by atoms with van der Waals surface area (Å²) in [5.74, 6) is 3.39. The van der Waals surface area contributed by atoms with Gasteiger partial charge in [-0.2, -0.15) is 11.8 Å². The number of hydrogen-bond acceptors (Lipinski definition) is 2. The third kappa shape index (κ3) is 2.93. The summed E-state index contributed by atoms with van der Waals surface area (Å²) in [7, 11) is 0. The summed E-state index contributed by atoms with van der Waals surface area (Å²) in [6, 6.07) is 0. The first-order valence-electron chi connectivity index (χ1n) is 4.05. The van der Waals surface area contributed by atoms with Crippen LogP contribution in [0.15, 0.2) is 0 Å². The molecule has 1 nitrogen and oxygen atoms in total. The lowest BCUT2D eigenvalue weighted by atomic mass is 9.99. The third-order valence-corrected chi connectivity index (χ3v) is 3.21. The van der Waals surface area contributed by atoms with Crippen molar-refractivity contribution in [3.05, 3.63) is 0 Å². The van der Waals surface area contributed by atoms with Gasteiger partial charge in [-0.15, -0.1) is 0 Å². The lowest BCUT2D eigenvalue weighted by molar-refractivity contribution is 0.162. The van der Waals surface area contributed by atoms with Crippen molar-refractivity contribution in [2.75, 3.05) is 11.5 Å². The van der Waals surface area contributed by atoms with Crippen LogP contribution in [0, 0.1) is 5.92 Å². The molecular weight excluding hydrogens is 144 g/mol. The zero-order valence-corrected chi connectivity index (χ0v) is 7.36. The summed E-state index contributed by atoms with van der Waals surface area (Å²) >= 11 is 2.03. The average molecular weight is 160 g/mol. The van der Waals surface area contributed by atoms with Gasteiger partial charge in [0.25, 0.3) is 0 Å². The maximum atomic E-state index is 9.10. The summed E-state index contributed by atoms with van der Waals surface area (Å²) in [4.78, 5) is 0. The van der Waals surface area contributed by atoms with Gasteiger partial charge in [-0.3, -0.25) is 0 Å². The number of rotatable bonds is 2. The van der Waals surface area contributed by atoms with Crippen LogP contribution in [0.1, 0.15) is 26.2 Å². The maximum Gasteiger partial charge on any atom is 0.0515 e. The molecule has 0 aliphatic carbocycles. The second-order valence-corrected chi connectivity index (χ2v) is 4.32. The molecule has 0 aromatic carbocycles. The van der Waals surface area contributed by atoms with Gasteiger partial charge in [0.2, 0.25) is 0 Å². The molecular formula is C8H16OS. The van der Waals surface area contributed by atoms with E-state index in [0.29, 0.717) is 0 Å². The van der Waals surface area contributed by atoms with Crippen molar-refractivity contribution in [1.29, 1.82) is 0 Å². The van der Waals surface area contributed by atoms with Crippen molar-refractivity contribution in [1.82, 2.24) is 0 Å². The van der Waals surface area contributed by atoms with E-state index in [9.17, 15) is 0 Å². The average Bonchev–Trinajstić information content (AvgIpc) is 1.88. The van der Waals surface area contributed by atoms with Gasteiger partial charge in [-0.05, 0) is 43.6 Å². The Labute approximate surface area is 67.2 Å². The van der Waals surface area contributed by atoms with E-state index in [2.05, 4.69) is 0 Å². The molecule has 60 valence electrons. The van der Waals surface area contributed by atoms with Crippen LogP contribution >= 0.6 is 11.8 Å². The number of hydrogen-bond donors (Lipinski definition) is 1. The second-order valence-electron chi connectivity index (χ2n) is 3.17. The van der Waals surface area contributed by atoms with Gasteiger partial charge in [0, 0.05) is 0 Å². The van der Waals surface area contributed by atoms with Gasteiger partial charge < -0.3 is 5.11 Å². The van der Waals surface area contributed by atoms with Crippen LogP contribution in [-0.2, 0) is 0 Å². The van der Waals surface area contributed by atoms with Crippen LogP contribution in [0.5, 0.6) is 0 Å². The van der Waals surface area contributed by atoms with Crippen molar-refractivity contribution >= 4 is 11.8 Å². The van der Waals surface area contributed by atoms with Gasteiger partial charge in [0.15, 0.2) is 0 Å². The minimum atomic E-state index is -0.0938. The molecule has 1 aliphatic rings. The van der Waals surface area contributed by atoms with E-state index in [1.165, 1.54) is 24.3 Å². The highest BCUT2D eigenvalue weighted by Crippen LogP contribution is 2.25. The van der Waals surface area contributed by atoms with Gasteiger partial charge in [0.05, 0.1) is 6.10 Å². The minimum absolute atomic E-state index is 0.0938. The quantitative estimate of drug-likeness (QED) is 0.666. The first kappa shape index (κ1) is 8.41. The lowest BCUT2D eigenvalue weighted by Crippen LogP contribution is -2.15. The van der Waals surface area contributed by atoms with E-state index in [4.69, 9.17) is 5.11 Å². The Morgan fingerprint density at radius 1 is 1.70 bits per heavy atom. The molecule has 10 heavy (non-hydrogen) atoms. The SMILES string of the molecule is C[C@H](O)CC1CCCSC1. The van der Waals surface area contributed by atoms with Crippen LogP contribution in [0.3, 0.4) is 0 Å². The molecule has 1 aliphatic heterocycles. The summed E-state index contributed by atoms with van der Waals surface area (Å²) < 4.78 is 0. The minimum Gasteiger partial charge on any atom is -0.393 e. The Bertz CT molecular complexity index is 87.3. The molecule has 0 bridgehead atoms. The summed E-state index contributed by atoms with van der Waals surface area (Å²) in [5, 5.41) is 9.10. The second kappa shape index (κ2) is 4.24. The van der Waals surface area contributed by atoms with Crippen LogP contribution in [-0.4, -0.2) is 22.7 Å². The van der Waals surface area contributed by atoms with Crippen molar-refractivity contribution in [3.63, 3.8) is 0 Å². The van der Waals surface area contributed by atoms with Crippen LogP contribution < -0.4 is 0 Å². The zero-order chi connectivity index (χ0) is 7.40. The fraction of sp³-hybridized carbons (Fsp3) is 1.00.